The highest BCUT2D eigenvalue weighted by Crippen LogP contribution is 2.31. The summed E-state index contributed by atoms with van der Waals surface area (Å²) >= 11 is 0. The lowest BCUT2D eigenvalue weighted by Gasteiger charge is -2.33. The molecule has 1 aliphatic rings. The summed E-state index contributed by atoms with van der Waals surface area (Å²) in [6.07, 6.45) is 3.73. The number of likely N-dealkylation sites (tertiary alicyclic amines) is 1. The van der Waals surface area contributed by atoms with Crippen LogP contribution in [0.15, 0.2) is 12.1 Å². The van der Waals surface area contributed by atoms with Crippen LogP contribution in [0.4, 0.5) is 0 Å². The van der Waals surface area contributed by atoms with Crippen LogP contribution >= 0.6 is 0 Å². The predicted molar refractivity (Wildman–Crippen MR) is 86.0 cm³/mol. The Morgan fingerprint density at radius 3 is 2.62 bits per heavy atom. The molecule has 1 aromatic rings. The molecule has 0 aromatic heterocycles. The molecule has 0 aliphatic carbocycles. The predicted octanol–water partition coefficient (Wildman–Crippen LogP) is 2.57. The van der Waals surface area contributed by atoms with E-state index in [1.807, 2.05) is 0 Å². The maximum Gasteiger partial charge on any atom is 0.161 e. The van der Waals surface area contributed by atoms with Gasteiger partial charge in [-0.25, -0.2) is 0 Å². The van der Waals surface area contributed by atoms with Gasteiger partial charge in [-0.05, 0) is 68.5 Å². The summed E-state index contributed by atoms with van der Waals surface area (Å²) in [5.41, 5.74) is 8.28. The molecule has 1 atom stereocenters. The molecule has 0 amide bonds. The van der Waals surface area contributed by atoms with Crippen LogP contribution in [0, 0.1) is 12.8 Å². The van der Waals surface area contributed by atoms with E-state index in [2.05, 4.69) is 24.0 Å². The minimum absolute atomic E-state index is 0.754. The van der Waals surface area contributed by atoms with Crippen LogP contribution < -0.4 is 15.2 Å². The number of piperidine rings is 1. The van der Waals surface area contributed by atoms with E-state index < -0.39 is 0 Å². The number of methoxy groups -OCH3 is 2. The summed E-state index contributed by atoms with van der Waals surface area (Å²) in [7, 11) is 3.37. The fraction of sp³-hybridized carbons (Fsp3) is 0.647. The van der Waals surface area contributed by atoms with E-state index in [1.54, 1.807) is 14.2 Å². The van der Waals surface area contributed by atoms with E-state index in [0.29, 0.717) is 0 Å². The fourth-order valence-corrected chi connectivity index (χ4v) is 3.20. The highest BCUT2D eigenvalue weighted by molar-refractivity contribution is 5.47. The number of hydrogen-bond acceptors (Lipinski definition) is 4. The molecule has 0 bridgehead atoms. The van der Waals surface area contributed by atoms with Crippen molar-refractivity contribution in [3.63, 3.8) is 0 Å². The van der Waals surface area contributed by atoms with Crippen molar-refractivity contribution in [2.75, 3.05) is 33.9 Å². The Balaban J connectivity index is 2.08. The molecule has 0 radical (unpaired) electrons. The van der Waals surface area contributed by atoms with Crippen LogP contribution in [0.1, 0.15) is 30.4 Å². The summed E-state index contributed by atoms with van der Waals surface area (Å²) in [6.45, 7) is 6.25. The van der Waals surface area contributed by atoms with Crippen molar-refractivity contribution < 1.29 is 9.47 Å². The van der Waals surface area contributed by atoms with Gasteiger partial charge in [0.05, 0.1) is 14.2 Å². The summed E-state index contributed by atoms with van der Waals surface area (Å²) in [4.78, 5) is 2.54. The molecule has 1 saturated heterocycles. The van der Waals surface area contributed by atoms with Gasteiger partial charge in [0.2, 0.25) is 0 Å². The molecule has 4 heteroatoms. The molecular weight excluding hydrogens is 264 g/mol. The smallest absolute Gasteiger partial charge is 0.161 e. The van der Waals surface area contributed by atoms with E-state index in [1.165, 1.54) is 30.5 Å². The Morgan fingerprint density at radius 1 is 1.24 bits per heavy atom. The van der Waals surface area contributed by atoms with Gasteiger partial charge in [0, 0.05) is 13.1 Å². The quantitative estimate of drug-likeness (QED) is 0.875. The van der Waals surface area contributed by atoms with Gasteiger partial charge in [-0.15, -0.1) is 0 Å². The largest absolute Gasteiger partial charge is 0.493 e. The number of aryl methyl sites for hydroxylation is 1. The van der Waals surface area contributed by atoms with Crippen molar-refractivity contribution in [2.24, 2.45) is 11.7 Å². The van der Waals surface area contributed by atoms with Crippen molar-refractivity contribution >= 4 is 0 Å². The van der Waals surface area contributed by atoms with Crippen LogP contribution in [-0.2, 0) is 6.54 Å². The first-order chi connectivity index (χ1) is 10.2. The van der Waals surface area contributed by atoms with Crippen LogP contribution in [0.2, 0.25) is 0 Å². The van der Waals surface area contributed by atoms with Gasteiger partial charge in [-0.1, -0.05) is 0 Å². The molecule has 2 rings (SSSR count). The number of nitrogens with two attached hydrogens (primary N) is 1. The van der Waals surface area contributed by atoms with Crippen molar-refractivity contribution in [3.05, 3.63) is 23.3 Å². The third-order valence-electron chi connectivity index (χ3n) is 4.41. The zero-order valence-corrected chi connectivity index (χ0v) is 13.5. The molecule has 1 unspecified atom stereocenters. The Labute approximate surface area is 128 Å². The summed E-state index contributed by atoms with van der Waals surface area (Å²) in [5, 5.41) is 0. The first-order valence-electron chi connectivity index (χ1n) is 7.81. The Hall–Kier alpha value is -1.26. The standard InChI is InChI=1S/C17H28N2O2/c1-13-9-16(20-2)17(21-3)10-15(13)12-19-8-4-5-14(11-19)6-7-18/h9-10,14H,4-8,11-12,18H2,1-3H3. The number of ether oxygens (including phenoxy) is 2. The molecule has 1 aliphatic heterocycles. The maximum atomic E-state index is 5.70. The minimum Gasteiger partial charge on any atom is -0.493 e. The monoisotopic (exact) mass is 292 g/mol. The van der Waals surface area contributed by atoms with Crippen LogP contribution in [-0.4, -0.2) is 38.8 Å². The molecular formula is C17H28N2O2. The van der Waals surface area contributed by atoms with E-state index in [9.17, 15) is 0 Å². The summed E-state index contributed by atoms with van der Waals surface area (Å²) < 4.78 is 10.8. The summed E-state index contributed by atoms with van der Waals surface area (Å²) in [6, 6.07) is 4.18. The highest BCUT2D eigenvalue weighted by atomic mass is 16.5. The van der Waals surface area contributed by atoms with E-state index >= 15 is 0 Å². The van der Waals surface area contributed by atoms with Gasteiger partial charge in [-0.3, -0.25) is 4.90 Å². The van der Waals surface area contributed by atoms with Crippen molar-refractivity contribution in [3.8, 4) is 11.5 Å². The van der Waals surface area contributed by atoms with Gasteiger partial charge in [0.15, 0.2) is 11.5 Å². The van der Waals surface area contributed by atoms with Gasteiger partial charge >= 0.3 is 0 Å². The van der Waals surface area contributed by atoms with E-state index in [-0.39, 0.29) is 0 Å². The van der Waals surface area contributed by atoms with Crippen molar-refractivity contribution in [1.82, 2.24) is 4.90 Å². The fourth-order valence-electron chi connectivity index (χ4n) is 3.20. The number of benzene rings is 1. The molecule has 1 heterocycles. The molecule has 21 heavy (non-hydrogen) atoms. The minimum atomic E-state index is 0.754. The van der Waals surface area contributed by atoms with Crippen molar-refractivity contribution in [1.29, 1.82) is 0 Å². The van der Waals surface area contributed by atoms with Crippen LogP contribution in [0.3, 0.4) is 0 Å². The molecule has 4 nitrogen and oxygen atoms in total. The van der Waals surface area contributed by atoms with Crippen molar-refractivity contribution in [2.45, 2.75) is 32.7 Å². The molecule has 2 N–H and O–H groups in total. The normalized spacial score (nSPS) is 19.5. The number of rotatable bonds is 6. The van der Waals surface area contributed by atoms with Crippen LogP contribution in [0.5, 0.6) is 11.5 Å². The Bertz CT molecular complexity index is 460. The molecule has 118 valence electrons. The van der Waals surface area contributed by atoms with Gasteiger partial charge in [0.25, 0.3) is 0 Å². The molecule has 1 fully saturated rings. The first kappa shape index (κ1) is 16.1. The van der Waals surface area contributed by atoms with E-state index in [0.717, 1.165) is 43.5 Å². The third-order valence-corrected chi connectivity index (χ3v) is 4.41. The Morgan fingerprint density at radius 2 is 1.95 bits per heavy atom. The Kier molecular flexibility index (Phi) is 5.88. The first-order valence-corrected chi connectivity index (χ1v) is 7.81. The lowest BCUT2D eigenvalue weighted by molar-refractivity contribution is 0.162. The average Bonchev–Trinajstić information content (AvgIpc) is 2.49. The van der Waals surface area contributed by atoms with Crippen LogP contribution in [0.25, 0.3) is 0 Å². The second kappa shape index (κ2) is 7.66. The molecule has 1 aromatic carbocycles. The summed E-state index contributed by atoms with van der Waals surface area (Å²) in [5.74, 6) is 2.37. The molecule has 0 spiro atoms. The van der Waals surface area contributed by atoms with E-state index in [4.69, 9.17) is 15.2 Å². The van der Waals surface area contributed by atoms with Gasteiger partial charge in [0.1, 0.15) is 0 Å². The van der Waals surface area contributed by atoms with Gasteiger partial charge < -0.3 is 15.2 Å². The molecule has 0 saturated carbocycles. The topological polar surface area (TPSA) is 47.7 Å². The average molecular weight is 292 g/mol. The lowest BCUT2D eigenvalue weighted by Crippen LogP contribution is -2.35. The highest BCUT2D eigenvalue weighted by Gasteiger charge is 2.20. The second-order valence-electron chi connectivity index (χ2n) is 5.95. The lowest BCUT2D eigenvalue weighted by atomic mass is 9.94. The third kappa shape index (κ3) is 4.11. The second-order valence-corrected chi connectivity index (χ2v) is 5.95. The maximum absolute atomic E-state index is 5.70. The van der Waals surface area contributed by atoms with Gasteiger partial charge in [-0.2, -0.15) is 0 Å². The zero-order valence-electron chi connectivity index (χ0n) is 13.5. The zero-order chi connectivity index (χ0) is 15.2. The SMILES string of the molecule is COc1cc(C)c(CN2CCCC(CCN)C2)cc1OC. The number of nitrogens with zero attached hydrogens (tertiary/aromatic N) is 1. The number of hydrogen-bond donors (Lipinski definition) is 1.